The summed E-state index contributed by atoms with van der Waals surface area (Å²) in [7, 11) is 0. The Morgan fingerprint density at radius 2 is 1.93 bits per heavy atom. The first-order valence-electron chi connectivity index (χ1n) is 9.67. The summed E-state index contributed by atoms with van der Waals surface area (Å²) in [6.45, 7) is 2.20. The molecule has 0 aliphatic carbocycles. The zero-order chi connectivity index (χ0) is 20.6. The van der Waals surface area contributed by atoms with E-state index in [1.807, 2.05) is 34.1 Å². The highest BCUT2D eigenvalue weighted by atomic mass is 35.5. The maximum Gasteiger partial charge on any atom is 0.433 e. The number of pyridine rings is 1. The number of fused-ring (bicyclic) bond motifs is 1. The highest BCUT2D eigenvalue weighted by molar-refractivity contribution is 6.29. The first kappa shape index (κ1) is 20.0. The van der Waals surface area contributed by atoms with Crippen molar-refractivity contribution in [3.05, 3.63) is 58.4 Å². The van der Waals surface area contributed by atoms with Gasteiger partial charge < -0.3 is 9.80 Å². The number of nitrogens with zero attached hydrogens (tertiary/aromatic N) is 3. The molecule has 0 N–H and O–H groups in total. The minimum absolute atomic E-state index is 0.104. The summed E-state index contributed by atoms with van der Waals surface area (Å²) >= 11 is 5.70. The molecular formula is C21H21ClF3N3O. The van der Waals surface area contributed by atoms with E-state index >= 15 is 0 Å². The van der Waals surface area contributed by atoms with Crippen molar-refractivity contribution in [1.82, 2.24) is 9.88 Å². The number of aromatic nitrogens is 1. The lowest BCUT2D eigenvalue weighted by molar-refractivity contribution is -0.141. The Morgan fingerprint density at radius 3 is 2.66 bits per heavy atom. The molecule has 29 heavy (non-hydrogen) atoms. The smallest absolute Gasteiger partial charge is 0.366 e. The van der Waals surface area contributed by atoms with Gasteiger partial charge >= 0.3 is 6.18 Å². The van der Waals surface area contributed by atoms with Gasteiger partial charge in [-0.25, -0.2) is 4.98 Å². The topological polar surface area (TPSA) is 36.4 Å². The summed E-state index contributed by atoms with van der Waals surface area (Å²) in [5.74, 6) is 0.365. The number of carbonyl (C=O) groups excluding carboxylic acids is 1. The zero-order valence-corrected chi connectivity index (χ0v) is 16.5. The van der Waals surface area contributed by atoms with Crippen LogP contribution in [-0.2, 0) is 17.5 Å². The van der Waals surface area contributed by atoms with Crippen molar-refractivity contribution in [3.8, 4) is 0 Å². The van der Waals surface area contributed by atoms with Gasteiger partial charge in [-0.05, 0) is 30.5 Å². The molecule has 0 radical (unpaired) electrons. The SMILES string of the molecule is O=C1CCCN1CC[C@@H]1CN(Cc2ccc(Cl)nc2C(F)(F)F)c2ccccc21. The molecule has 8 heteroatoms. The first-order valence-corrected chi connectivity index (χ1v) is 10.0. The maximum absolute atomic E-state index is 13.4. The van der Waals surface area contributed by atoms with Crippen molar-refractivity contribution in [3.63, 3.8) is 0 Å². The molecule has 4 rings (SSSR count). The lowest BCUT2D eigenvalue weighted by Gasteiger charge is -2.23. The number of alkyl halides is 3. The van der Waals surface area contributed by atoms with Gasteiger partial charge in [0.1, 0.15) is 5.15 Å². The van der Waals surface area contributed by atoms with Gasteiger partial charge in [0.2, 0.25) is 5.91 Å². The number of amides is 1. The van der Waals surface area contributed by atoms with Crippen molar-refractivity contribution in [2.75, 3.05) is 24.5 Å². The van der Waals surface area contributed by atoms with Crippen molar-refractivity contribution in [1.29, 1.82) is 0 Å². The van der Waals surface area contributed by atoms with Crippen molar-refractivity contribution >= 4 is 23.2 Å². The third-order valence-corrected chi connectivity index (χ3v) is 5.86. The van der Waals surface area contributed by atoms with Crippen molar-refractivity contribution < 1.29 is 18.0 Å². The van der Waals surface area contributed by atoms with Gasteiger partial charge in [-0.3, -0.25) is 4.79 Å². The van der Waals surface area contributed by atoms with Crippen molar-refractivity contribution in [2.45, 2.75) is 37.9 Å². The highest BCUT2D eigenvalue weighted by Crippen LogP contribution is 2.40. The van der Waals surface area contributed by atoms with E-state index < -0.39 is 11.9 Å². The van der Waals surface area contributed by atoms with Crippen LogP contribution in [0.25, 0.3) is 0 Å². The van der Waals surface area contributed by atoms with Crippen LogP contribution < -0.4 is 4.90 Å². The average molecular weight is 424 g/mol. The van der Waals surface area contributed by atoms with E-state index in [-0.39, 0.29) is 29.1 Å². The van der Waals surface area contributed by atoms with Gasteiger partial charge in [-0.1, -0.05) is 35.9 Å². The molecule has 4 nitrogen and oxygen atoms in total. The number of anilines is 1. The van der Waals surface area contributed by atoms with E-state index in [9.17, 15) is 18.0 Å². The van der Waals surface area contributed by atoms with Crippen LogP contribution in [0.1, 0.15) is 42.0 Å². The molecule has 0 unspecified atom stereocenters. The van der Waals surface area contributed by atoms with E-state index in [2.05, 4.69) is 4.98 Å². The number of para-hydroxylation sites is 1. The van der Waals surface area contributed by atoms with Gasteiger partial charge in [0, 0.05) is 49.8 Å². The molecule has 1 fully saturated rings. The van der Waals surface area contributed by atoms with Crippen molar-refractivity contribution in [2.24, 2.45) is 0 Å². The second-order valence-corrected chi connectivity index (χ2v) is 7.94. The normalized spacial score (nSPS) is 19.2. The summed E-state index contributed by atoms with van der Waals surface area (Å²) < 4.78 is 40.3. The van der Waals surface area contributed by atoms with Crippen LogP contribution in [0.4, 0.5) is 18.9 Å². The molecule has 2 aliphatic rings. The number of benzene rings is 1. The van der Waals surface area contributed by atoms with Crippen LogP contribution >= 0.6 is 11.6 Å². The molecule has 0 spiro atoms. The van der Waals surface area contributed by atoms with E-state index in [0.717, 1.165) is 30.6 Å². The van der Waals surface area contributed by atoms with Gasteiger partial charge in [0.25, 0.3) is 0 Å². The van der Waals surface area contributed by atoms with Crippen LogP contribution in [0.3, 0.4) is 0 Å². The Morgan fingerprint density at radius 1 is 1.14 bits per heavy atom. The van der Waals surface area contributed by atoms with E-state index in [1.165, 1.54) is 12.1 Å². The lowest BCUT2D eigenvalue weighted by atomic mass is 9.98. The second-order valence-electron chi connectivity index (χ2n) is 7.55. The first-order chi connectivity index (χ1) is 13.8. The van der Waals surface area contributed by atoms with Gasteiger partial charge in [0.05, 0.1) is 0 Å². The van der Waals surface area contributed by atoms with Gasteiger partial charge in [-0.2, -0.15) is 13.2 Å². The predicted octanol–water partition coefficient (Wildman–Crippen LogP) is 4.87. The molecule has 0 saturated carbocycles. The summed E-state index contributed by atoms with van der Waals surface area (Å²) in [6.07, 6.45) is -2.26. The molecule has 1 amide bonds. The summed E-state index contributed by atoms with van der Waals surface area (Å²) in [5, 5.41) is -0.170. The van der Waals surface area contributed by atoms with Crippen LogP contribution in [0.2, 0.25) is 5.15 Å². The predicted molar refractivity (Wildman–Crippen MR) is 105 cm³/mol. The molecular weight excluding hydrogens is 403 g/mol. The number of carbonyl (C=O) groups is 1. The summed E-state index contributed by atoms with van der Waals surface area (Å²) in [5.41, 5.74) is 1.23. The molecule has 1 aromatic heterocycles. The standard InChI is InChI=1S/C21H21ClF3N3O/c22-18-8-7-15(20(26-18)21(23,24)25)13-28-12-14(16-4-1-2-5-17(16)28)9-11-27-10-3-6-19(27)29/h1-2,4-5,7-8,14H,3,6,9-13H2/t14-/m1/s1. The van der Waals surface area contributed by atoms with Crippen LogP contribution in [0.5, 0.6) is 0 Å². The molecule has 1 aromatic carbocycles. The third kappa shape index (κ3) is 4.20. The fourth-order valence-corrected chi connectivity index (χ4v) is 4.42. The average Bonchev–Trinajstić information content (AvgIpc) is 3.24. The Labute approximate surface area is 172 Å². The summed E-state index contributed by atoms with van der Waals surface area (Å²) in [4.78, 5) is 19.3. The minimum Gasteiger partial charge on any atom is -0.366 e. The molecule has 1 saturated heterocycles. The summed E-state index contributed by atoms with van der Waals surface area (Å²) in [6, 6.07) is 10.6. The molecule has 2 aromatic rings. The molecule has 3 heterocycles. The fraction of sp³-hybridized carbons (Fsp3) is 0.429. The Balaban J connectivity index is 1.54. The van der Waals surface area contributed by atoms with Gasteiger partial charge in [0.15, 0.2) is 5.69 Å². The second kappa shape index (κ2) is 7.86. The lowest BCUT2D eigenvalue weighted by Crippen LogP contribution is -2.28. The maximum atomic E-state index is 13.4. The fourth-order valence-electron chi connectivity index (χ4n) is 4.27. The quantitative estimate of drug-likeness (QED) is 0.644. The molecule has 0 bridgehead atoms. The van der Waals surface area contributed by atoms with E-state index in [1.54, 1.807) is 0 Å². The van der Waals surface area contributed by atoms with Crippen LogP contribution in [0.15, 0.2) is 36.4 Å². The van der Waals surface area contributed by atoms with Crippen LogP contribution in [0, 0.1) is 0 Å². The number of hydrogen-bond acceptors (Lipinski definition) is 3. The van der Waals surface area contributed by atoms with Gasteiger partial charge in [-0.15, -0.1) is 0 Å². The molecule has 2 aliphatic heterocycles. The molecule has 1 atom stereocenters. The Hall–Kier alpha value is -2.28. The van der Waals surface area contributed by atoms with E-state index in [0.29, 0.717) is 19.5 Å². The highest BCUT2D eigenvalue weighted by Gasteiger charge is 2.37. The number of hydrogen-bond donors (Lipinski definition) is 0. The zero-order valence-electron chi connectivity index (χ0n) is 15.8. The number of likely N-dealkylation sites (tertiary alicyclic amines) is 1. The largest absolute Gasteiger partial charge is 0.433 e. The molecule has 154 valence electrons. The van der Waals surface area contributed by atoms with Crippen LogP contribution in [-0.4, -0.2) is 35.4 Å². The van der Waals surface area contributed by atoms with E-state index in [4.69, 9.17) is 11.6 Å². The number of halogens is 4. The number of rotatable bonds is 5. The Kier molecular flexibility index (Phi) is 5.42. The monoisotopic (exact) mass is 423 g/mol. The minimum atomic E-state index is -4.56. The Bertz CT molecular complexity index is 918. The third-order valence-electron chi connectivity index (χ3n) is 5.65.